The number of fused-ring (bicyclic) bond motifs is 1. The first-order valence-corrected chi connectivity index (χ1v) is 12.4. The number of amides is 1. The molecule has 192 valence electrons. The van der Waals surface area contributed by atoms with Gasteiger partial charge in [0.25, 0.3) is 0 Å². The summed E-state index contributed by atoms with van der Waals surface area (Å²) in [5.74, 6) is -1.66. The molecule has 1 aliphatic heterocycles. The number of nitrogens with two attached hydrogens (primary N) is 1. The molecule has 3 aromatic rings. The van der Waals surface area contributed by atoms with Crippen LogP contribution in [0.25, 0.3) is 11.2 Å². The van der Waals surface area contributed by atoms with Crippen LogP contribution >= 0.6 is 0 Å². The Kier molecular flexibility index (Phi) is 5.67. The van der Waals surface area contributed by atoms with E-state index in [4.69, 9.17) is 20.7 Å². The van der Waals surface area contributed by atoms with Gasteiger partial charge < -0.3 is 21.1 Å². The van der Waals surface area contributed by atoms with Crippen molar-refractivity contribution in [3.63, 3.8) is 0 Å². The van der Waals surface area contributed by atoms with Crippen molar-refractivity contribution in [2.75, 3.05) is 23.8 Å². The molecule has 1 saturated heterocycles. The fourth-order valence-electron chi connectivity index (χ4n) is 5.78. The Morgan fingerprint density at radius 1 is 1.16 bits per heavy atom. The maximum Gasteiger partial charge on any atom is 0.224 e. The third-order valence-electron chi connectivity index (χ3n) is 7.81. The SMILES string of the molecule is N#Cc1cc(F)c(Nc2nc3cnc(NC4CC5(COC5)C4)nc3n2C2CCC(C(N)=O)CC2)c(F)c1. The van der Waals surface area contributed by atoms with Gasteiger partial charge in [-0.15, -0.1) is 0 Å². The zero-order chi connectivity index (χ0) is 25.7. The van der Waals surface area contributed by atoms with Crippen LogP contribution in [0.5, 0.6) is 0 Å². The quantitative estimate of drug-likeness (QED) is 0.459. The van der Waals surface area contributed by atoms with E-state index in [-0.39, 0.29) is 40.8 Å². The van der Waals surface area contributed by atoms with Crippen molar-refractivity contribution in [1.29, 1.82) is 5.26 Å². The van der Waals surface area contributed by atoms with Crippen LogP contribution < -0.4 is 16.4 Å². The first kappa shape index (κ1) is 23.5. The smallest absolute Gasteiger partial charge is 0.224 e. The number of carbonyl (C=O) groups is 1. The summed E-state index contributed by atoms with van der Waals surface area (Å²) >= 11 is 0. The third-order valence-corrected chi connectivity index (χ3v) is 7.81. The van der Waals surface area contributed by atoms with Gasteiger partial charge in [-0.25, -0.2) is 18.7 Å². The number of primary amides is 1. The molecule has 1 spiro atoms. The molecule has 3 fully saturated rings. The largest absolute Gasteiger partial charge is 0.380 e. The number of nitrogens with one attached hydrogen (secondary N) is 2. The Bertz CT molecular complexity index is 1390. The summed E-state index contributed by atoms with van der Waals surface area (Å²) in [6, 6.07) is 3.82. The molecule has 6 rings (SSSR count). The number of nitriles is 1. The average molecular weight is 509 g/mol. The lowest BCUT2D eigenvalue weighted by Crippen LogP contribution is -2.56. The average Bonchev–Trinajstić information content (AvgIpc) is 3.19. The van der Waals surface area contributed by atoms with E-state index < -0.39 is 17.3 Å². The molecule has 2 saturated carbocycles. The fourth-order valence-corrected chi connectivity index (χ4v) is 5.78. The van der Waals surface area contributed by atoms with Crippen molar-refractivity contribution >= 4 is 34.7 Å². The number of hydrogen-bond acceptors (Lipinski definition) is 8. The number of rotatable bonds is 6. The molecule has 4 N–H and O–H groups in total. The van der Waals surface area contributed by atoms with E-state index in [9.17, 15) is 13.6 Å². The Morgan fingerprint density at radius 3 is 2.46 bits per heavy atom. The second kappa shape index (κ2) is 8.92. The molecule has 0 atom stereocenters. The second-order valence-electron chi connectivity index (χ2n) is 10.4. The van der Waals surface area contributed by atoms with E-state index in [0.29, 0.717) is 42.8 Å². The molecule has 10 nitrogen and oxygen atoms in total. The molecule has 1 amide bonds. The number of anilines is 3. The number of halogens is 2. The summed E-state index contributed by atoms with van der Waals surface area (Å²) < 4.78 is 36.6. The van der Waals surface area contributed by atoms with Gasteiger partial charge in [-0.2, -0.15) is 10.2 Å². The summed E-state index contributed by atoms with van der Waals surface area (Å²) in [6.07, 6.45) is 6.04. The number of nitrogens with zero attached hydrogens (tertiary/aromatic N) is 5. The van der Waals surface area contributed by atoms with Gasteiger partial charge in [-0.1, -0.05) is 0 Å². The molecule has 12 heteroatoms. The van der Waals surface area contributed by atoms with Gasteiger partial charge in [0.15, 0.2) is 17.3 Å². The zero-order valence-electron chi connectivity index (χ0n) is 20.0. The highest BCUT2D eigenvalue weighted by molar-refractivity contribution is 5.78. The van der Waals surface area contributed by atoms with Gasteiger partial charge in [-0.3, -0.25) is 9.36 Å². The van der Waals surface area contributed by atoms with Gasteiger partial charge in [0.1, 0.15) is 11.2 Å². The van der Waals surface area contributed by atoms with Gasteiger partial charge in [0.2, 0.25) is 17.8 Å². The molecule has 1 aromatic carbocycles. The molecular formula is C25H26F2N8O2. The summed E-state index contributed by atoms with van der Waals surface area (Å²) in [5.41, 5.74) is 6.27. The van der Waals surface area contributed by atoms with Crippen LogP contribution in [0.3, 0.4) is 0 Å². The predicted molar refractivity (Wildman–Crippen MR) is 130 cm³/mol. The molecule has 2 aromatic heterocycles. The van der Waals surface area contributed by atoms with Crippen LogP contribution in [0.4, 0.5) is 26.4 Å². The Balaban J connectivity index is 1.34. The van der Waals surface area contributed by atoms with Crippen molar-refractivity contribution < 1.29 is 18.3 Å². The minimum Gasteiger partial charge on any atom is -0.380 e. The van der Waals surface area contributed by atoms with Crippen LogP contribution in [0.15, 0.2) is 18.3 Å². The van der Waals surface area contributed by atoms with E-state index in [0.717, 1.165) is 38.2 Å². The van der Waals surface area contributed by atoms with E-state index in [2.05, 4.69) is 20.6 Å². The molecule has 37 heavy (non-hydrogen) atoms. The van der Waals surface area contributed by atoms with Crippen LogP contribution in [0, 0.1) is 34.3 Å². The van der Waals surface area contributed by atoms with Crippen molar-refractivity contribution in [3.05, 3.63) is 35.5 Å². The first-order valence-electron chi connectivity index (χ1n) is 12.4. The van der Waals surface area contributed by atoms with Gasteiger partial charge in [0, 0.05) is 23.4 Å². The fraction of sp³-hybridized carbons (Fsp3) is 0.480. The molecule has 3 heterocycles. The van der Waals surface area contributed by atoms with Crippen LogP contribution in [0.2, 0.25) is 0 Å². The maximum absolute atomic E-state index is 14.7. The molecule has 0 radical (unpaired) electrons. The zero-order valence-corrected chi connectivity index (χ0v) is 20.0. The van der Waals surface area contributed by atoms with E-state index in [1.54, 1.807) is 12.3 Å². The highest BCUT2D eigenvalue weighted by Gasteiger charge is 2.50. The van der Waals surface area contributed by atoms with Crippen LogP contribution in [-0.2, 0) is 9.53 Å². The van der Waals surface area contributed by atoms with E-state index in [1.807, 2.05) is 4.57 Å². The lowest BCUT2D eigenvalue weighted by atomic mass is 9.64. The highest BCUT2D eigenvalue weighted by Crippen LogP contribution is 2.47. The van der Waals surface area contributed by atoms with Gasteiger partial charge in [0.05, 0.1) is 31.0 Å². The normalized spacial score (nSPS) is 22.7. The Morgan fingerprint density at radius 2 is 1.86 bits per heavy atom. The lowest BCUT2D eigenvalue weighted by molar-refractivity contribution is -0.160. The number of benzene rings is 1. The maximum atomic E-state index is 14.7. The summed E-state index contributed by atoms with van der Waals surface area (Å²) in [7, 11) is 0. The number of aromatic nitrogens is 4. The Labute approximate surface area is 211 Å². The number of hydrogen-bond donors (Lipinski definition) is 3. The minimum absolute atomic E-state index is 0.116. The van der Waals surface area contributed by atoms with Crippen molar-refractivity contribution in [2.45, 2.75) is 50.6 Å². The number of ether oxygens (including phenoxy) is 1. The standard InChI is InChI=1S/C25H26F2N8O2/c26-17-5-13(9-28)6-18(27)20(17)33-24-32-19-10-30-23(31-15-7-25(8-15)11-37-12-25)34-22(19)35(24)16-3-1-14(2-4-16)21(29)36/h5-6,10,14-16H,1-4,7-8,11-12H2,(H2,29,36)(H,32,33)(H,30,31,34). The van der Waals surface area contributed by atoms with Gasteiger partial charge in [-0.05, 0) is 50.7 Å². The van der Waals surface area contributed by atoms with E-state index >= 15 is 0 Å². The first-order chi connectivity index (χ1) is 17.8. The molecule has 0 unspecified atom stereocenters. The summed E-state index contributed by atoms with van der Waals surface area (Å²) in [4.78, 5) is 25.4. The molecule has 2 aliphatic carbocycles. The highest BCUT2D eigenvalue weighted by atomic mass is 19.1. The minimum atomic E-state index is -0.903. The molecular weight excluding hydrogens is 482 g/mol. The number of carbonyl (C=O) groups excluding carboxylic acids is 1. The third kappa shape index (κ3) is 4.23. The van der Waals surface area contributed by atoms with E-state index in [1.165, 1.54) is 0 Å². The van der Waals surface area contributed by atoms with Crippen LogP contribution in [0.1, 0.15) is 50.1 Å². The van der Waals surface area contributed by atoms with Crippen molar-refractivity contribution in [1.82, 2.24) is 19.5 Å². The van der Waals surface area contributed by atoms with Gasteiger partial charge >= 0.3 is 0 Å². The van der Waals surface area contributed by atoms with Crippen molar-refractivity contribution in [2.24, 2.45) is 17.1 Å². The monoisotopic (exact) mass is 508 g/mol. The van der Waals surface area contributed by atoms with Crippen molar-refractivity contribution in [3.8, 4) is 6.07 Å². The molecule has 0 bridgehead atoms. The lowest BCUT2D eigenvalue weighted by Gasteiger charge is -2.53. The van der Waals surface area contributed by atoms with Crippen LogP contribution in [-0.4, -0.2) is 44.7 Å². The second-order valence-corrected chi connectivity index (χ2v) is 10.4. The summed E-state index contributed by atoms with van der Waals surface area (Å²) in [6.45, 7) is 1.59. The molecule has 3 aliphatic rings. The Hall–Kier alpha value is -3.85. The summed E-state index contributed by atoms with van der Waals surface area (Å²) in [5, 5.41) is 15.2. The number of imidazole rings is 1. The topological polar surface area (TPSA) is 144 Å². The predicted octanol–water partition coefficient (Wildman–Crippen LogP) is 3.53.